The van der Waals surface area contributed by atoms with Gasteiger partial charge in [0.15, 0.2) is 0 Å². The Morgan fingerprint density at radius 1 is 1.17 bits per heavy atom. The maximum Gasteiger partial charge on any atom is 0.262 e. The van der Waals surface area contributed by atoms with Crippen LogP contribution in [-0.2, 0) is 16.4 Å². The lowest BCUT2D eigenvalue weighted by molar-refractivity contribution is 0.0946. The van der Waals surface area contributed by atoms with Crippen molar-refractivity contribution in [2.75, 3.05) is 11.3 Å². The van der Waals surface area contributed by atoms with Gasteiger partial charge < -0.3 is 5.32 Å². The Hall–Kier alpha value is -2.05. The number of nitrogens with one attached hydrogen (secondary N) is 2. The van der Waals surface area contributed by atoms with E-state index in [9.17, 15) is 13.2 Å². The fourth-order valence-electron chi connectivity index (χ4n) is 2.57. The van der Waals surface area contributed by atoms with Gasteiger partial charge in [0, 0.05) is 22.8 Å². The summed E-state index contributed by atoms with van der Waals surface area (Å²) in [7, 11) is -3.74. The van der Waals surface area contributed by atoms with Gasteiger partial charge >= 0.3 is 0 Å². The Morgan fingerprint density at radius 3 is 2.74 bits per heavy atom. The van der Waals surface area contributed by atoms with Crippen LogP contribution < -0.4 is 10.0 Å². The number of halogens is 1. The van der Waals surface area contributed by atoms with Gasteiger partial charge in [-0.25, -0.2) is 8.42 Å². The molecule has 0 bridgehead atoms. The molecule has 0 unspecified atom stereocenters. The van der Waals surface area contributed by atoms with Crippen LogP contribution in [0.5, 0.6) is 0 Å². The lowest BCUT2D eigenvalue weighted by atomic mass is 10.00. The van der Waals surface area contributed by atoms with Gasteiger partial charge in [-0.1, -0.05) is 17.7 Å². The summed E-state index contributed by atoms with van der Waals surface area (Å²) in [5.41, 5.74) is 2.45. The summed E-state index contributed by atoms with van der Waals surface area (Å²) in [6.07, 6.45) is 0.673. The smallest absolute Gasteiger partial charge is 0.262 e. The molecule has 0 saturated heterocycles. The molecule has 0 radical (unpaired) electrons. The van der Waals surface area contributed by atoms with Crippen molar-refractivity contribution in [1.29, 1.82) is 0 Å². The Kier molecular flexibility index (Phi) is 4.04. The van der Waals surface area contributed by atoms with E-state index in [1.807, 2.05) is 0 Å². The summed E-state index contributed by atoms with van der Waals surface area (Å²) in [5, 5.41) is 3.11. The zero-order valence-electron chi connectivity index (χ0n) is 12.4. The number of hydrogen-bond donors (Lipinski definition) is 2. The van der Waals surface area contributed by atoms with Crippen molar-refractivity contribution in [1.82, 2.24) is 5.32 Å². The van der Waals surface area contributed by atoms with Gasteiger partial charge in [-0.3, -0.25) is 9.52 Å². The normalized spacial score (nSPS) is 14.1. The predicted octanol–water partition coefficient (Wildman–Crippen LogP) is 2.74. The predicted molar refractivity (Wildman–Crippen MR) is 89.5 cm³/mol. The minimum absolute atomic E-state index is 0.133. The number of anilines is 1. The van der Waals surface area contributed by atoms with Crippen LogP contribution in [0.4, 0.5) is 5.69 Å². The highest BCUT2D eigenvalue weighted by Gasteiger charge is 2.20. The molecule has 23 heavy (non-hydrogen) atoms. The van der Waals surface area contributed by atoms with E-state index < -0.39 is 10.0 Å². The van der Waals surface area contributed by atoms with E-state index in [0.717, 1.165) is 5.56 Å². The Balaban J connectivity index is 1.95. The van der Waals surface area contributed by atoms with Gasteiger partial charge in [0.2, 0.25) is 0 Å². The van der Waals surface area contributed by atoms with E-state index >= 15 is 0 Å². The van der Waals surface area contributed by atoms with E-state index in [4.69, 9.17) is 11.6 Å². The van der Waals surface area contributed by atoms with Crippen molar-refractivity contribution in [3.63, 3.8) is 0 Å². The molecular formula is C16H15ClN2O3S. The van der Waals surface area contributed by atoms with Crippen molar-refractivity contribution < 1.29 is 13.2 Å². The van der Waals surface area contributed by atoms with Crippen molar-refractivity contribution in [2.24, 2.45) is 0 Å². The fraction of sp³-hybridized carbons (Fsp3) is 0.188. The van der Waals surface area contributed by atoms with Crippen LogP contribution >= 0.6 is 11.6 Å². The van der Waals surface area contributed by atoms with Gasteiger partial charge in [-0.2, -0.15) is 0 Å². The number of sulfonamides is 1. The average molecular weight is 351 g/mol. The lowest BCUT2D eigenvalue weighted by Crippen LogP contribution is -2.31. The number of benzene rings is 2. The second-order valence-corrected chi connectivity index (χ2v) is 7.48. The molecule has 0 aliphatic carbocycles. The zero-order chi connectivity index (χ0) is 16.6. The Labute approximate surface area is 139 Å². The van der Waals surface area contributed by atoms with Crippen LogP contribution in [0.2, 0.25) is 5.02 Å². The van der Waals surface area contributed by atoms with Gasteiger partial charge in [0.05, 0.1) is 4.90 Å². The van der Waals surface area contributed by atoms with E-state index in [0.29, 0.717) is 34.8 Å². The van der Waals surface area contributed by atoms with Crippen LogP contribution in [0, 0.1) is 6.92 Å². The summed E-state index contributed by atoms with van der Waals surface area (Å²) in [6, 6.07) is 9.64. The number of aryl methyl sites for hydroxylation is 1. The molecule has 1 aliphatic heterocycles. The Bertz CT molecular complexity index is 894. The average Bonchev–Trinajstić information content (AvgIpc) is 2.49. The minimum Gasteiger partial charge on any atom is -0.352 e. The van der Waals surface area contributed by atoms with Crippen LogP contribution in [-0.4, -0.2) is 20.9 Å². The van der Waals surface area contributed by atoms with Crippen molar-refractivity contribution >= 4 is 33.2 Å². The molecule has 2 aromatic rings. The van der Waals surface area contributed by atoms with E-state index in [-0.39, 0.29) is 10.8 Å². The van der Waals surface area contributed by atoms with E-state index in [1.54, 1.807) is 37.3 Å². The Morgan fingerprint density at radius 2 is 1.96 bits per heavy atom. The molecule has 0 saturated carbocycles. The molecule has 0 fully saturated rings. The number of carbonyl (C=O) groups excluding carboxylic acids is 1. The van der Waals surface area contributed by atoms with Crippen LogP contribution in [0.1, 0.15) is 21.5 Å². The van der Waals surface area contributed by atoms with Crippen molar-refractivity contribution in [3.8, 4) is 0 Å². The molecule has 7 heteroatoms. The lowest BCUT2D eigenvalue weighted by Gasteiger charge is -2.18. The molecule has 0 spiro atoms. The van der Waals surface area contributed by atoms with Crippen molar-refractivity contribution in [2.45, 2.75) is 18.2 Å². The number of rotatable bonds is 3. The molecule has 2 N–H and O–H groups in total. The third-order valence-corrected chi connectivity index (χ3v) is 5.48. The summed E-state index contributed by atoms with van der Waals surface area (Å²) in [6.45, 7) is 2.26. The first-order chi connectivity index (χ1) is 10.9. The number of hydrogen-bond acceptors (Lipinski definition) is 3. The second kappa shape index (κ2) is 5.86. The van der Waals surface area contributed by atoms with Crippen LogP contribution in [0.15, 0.2) is 41.3 Å². The van der Waals surface area contributed by atoms with E-state index in [2.05, 4.69) is 10.0 Å². The molecule has 0 atom stereocenters. The second-order valence-electron chi connectivity index (χ2n) is 5.39. The summed E-state index contributed by atoms with van der Waals surface area (Å²) < 4.78 is 27.7. The van der Waals surface area contributed by atoms with Crippen molar-refractivity contribution in [3.05, 3.63) is 58.1 Å². The number of fused-ring (bicyclic) bond motifs is 1. The molecule has 2 aromatic carbocycles. The fourth-order valence-corrected chi connectivity index (χ4v) is 4.12. The molecule has 1 amide bonds. The van der Waals surface area contributed by atoms with Crippen LogP contribution in [0.3, 0.4) is 0 Å². The SMILES string of the molecule is Cc1ccc(Cl)cc1S(=O)(=O)Nc1ccc2c(c1)CCNC2=O. The summed E-state index contributed by atoms with van der Waals surface area (Å²) in [4.78, 5) is 11.9. The highest BCUT2D eigenvalue weighted by Crippen LogP contribution is 2.25. The summed E-state index contributed by atoms with van der Waals surface area (Å²) in [5.74, 6) is -0.133. The highest BCUT2D eigenvalue weighted by atomic mass is 35.5. The van der Waals surface area contributed by atoms with Gasteiger partial charge in [0.25, 0.3) is 15.9 Å². The highest BCUT2D eigenvalue weighted by molar-refractivity contribution is 7.92. The maximum atomic E-state index is 12.6. The topological polar surface area (TPSA) is 75.3 Å². The number of carbonyl (C=O) groups is 1. The maximum absolute atomic E-state index is 12.6. The standard InChI is InChI=1S/C16H15ClN2O3S/c1-10-2-3-12(17)9-15(10)23(21,22)19-13-4-5-14-11(8-13)6-7-18-16(14)20/h2-5,8-9,19H,6-7H2,1H3,(H,18,20). The zero-order valence-corrected chi connectivity index (χ0v) is 14.0. The third-order valence-electron chi connectivity index (χ3n) is 3.72. The van der Waals surface area contributed by atoms with Gasteiger partial charge in [-0.05, 0) is 54.8 Å². The molecule has 5 nitrogen and oxygen atoms in total. The molecule has 120 valence electrons. The number of amides is 1. The first-order valence-electron chi connectivity index (χ1n) is 7.07. The quantitative estimate of drug-likeness (QED) is 0.893. The molecule has 1 heterocycles. The monoisotopic (exact) mass is 350 g/mol. The third kappa shape index (κ3) is 3.18. The first kappa shape index (κ1) is 15.8. The molecule has 3 rings (SSSR count). The summed E-state index contributed by atoms with van der Waals surface area (Å²) >= 11 is 5.90. The van der Waals surface area contributed by atoms with Gasteiger partial charge in [0.1, 0.15) is 0 Å². The van der Waals surface area contributed by atoms with E-state index in [1.165, 1.54) is 6.07 Å². The van der Waals surface area contributed by atoms with Crippen LogP contribution in [0.25, 0.3) is 0 Å². The largest absolute Gasteiger partial charge is 0.352 e. The first-order valence-corrected chi connectivity index (χ1v) is 8.93. The minimum atomic E-state index is -3.74. The molecule has 0 aromatic heterocycles. The van der Waals surface area contributed by atoms with Gasteiger partial charge in [-0.15, -0.1) is 0 Å². The molecular weight excluding hydrogens is 336 g/mol. The molecule has 1 aliphatic rings.